The molecule has 0 bridgehead atoms. The minimum atomic E-state index is -0.452. The molecule has 0 saturated heterocycles. The van der Waals surface area contributed by atoms with Crippen LogP contribution < -0.4 is 20.1 Å². The summed E-state index contributed by atoms with van der Waals surface area (Å²) in [6, 6.07) is 18.0. The fourth-order valence-electron chi connectivity index (χ4n) is 3.16. The van der Waals surface area contributed by atoms with Gasteiger partial charge in [0.25, 0.3) is 11.8 Å². The van der Waals surface area contributed by atoms with Crippen LogP contribution in [0.1, 0.15) is 27.0 Å². The molecule has 1 heterocycles. The third-order valence-electron chi connectivity index (χ3n) is 5.09. The number of hydrogen-bond acceptors (Lipinski definition) is 4. The van der Waals surface area contributed by atoms with Crippen molar-refractivity contribution in [2.24, 2.45) is 0 Å². The summed E-state index contributed by atoms with van der Waals surface area (Å²) in [4.78, 5) is 26.1. The highest BCUT2D eigenvalue weighted by atomic mass is 79.9. The average Bonchev–Trinajstić information content (AvgIpc) is 3.24. The first-order valence-electron chi connectivity index (χ1n) is 9.96. The molecule has 4 rings (SSSR count). The van der Waals surface area contributed by atoms with Crippen molar-refractivity contribution in [3.05, 3.63) is 93.1 Å². The third-order valence-corrected chi connectivity index (χ3v) is 5.78. The number of anilines is 1. The van der Waals surface area contributed by atoms with E-state index in [2.05, 4.69) is 26.6 Å². The van der Waals surface area contributed by atoms with Gasteiger partial charge >= 0.3 is 0 Å². The molecule has 6 nitrogen and oxygen atoms in total. The standard InChI is InChI=1S/C25H21BrN2O4/c1-15-7-9-18(11-16(15)2)24(29)28-21(25(30)27-20-6-4-3-5-19(20)26)12-17-8-10-22-23(13-17)32-14-31-22/h3-13H,14H2,1-2H3,(H,27,30)(H,28,29)/b21-12-. The number of benzene rings is 3. The van der Waals surface area contributed by atoms with E-state index in [1.54, 1.807) is 42.5 Å². The number of carbonyl (C=O) groups excluding carboxylic acids is 2. The van der Waals surface area contributed by atoms with Crippen molar-refractivity contribution in [2.45, 2.75) is 13.8 Å². The molecule has 0 spiro atoms. The van der Waals surface area contributed by atoms with E-state index in [0.717, 1.165) is 15.6 Å². The normalized spacial score (nSPS) is 12.4. The van der Waals surface area contributed by atoms with Gasteiger partial charge in [0, 0.05) is 10.0 Å². The molecule has 3 aromatic rings. The van der Waals surface area contributed by atoms with Gasteiger partial charge in [-0.15, -0.1) is 0 Å². The second kappa shape index (κ2) is 9.28. The van der Waals surface area contributed by atoms with Gasteiger partial charge < -0.3 is 20.1 Å². The maximum absolute atomic E-state index is 13.1. The van der Waals surface area contributed by atoms with Gasteiger partial charge in [-0.2, -0.15) is 0 Å². The molecule has 0 aliphatic carbocycles. The molecule has 2 N–H and O–H groups in total. The van der Waals surface area contributed by atoms with Crippen molar-refractivity contribution in [1.29, 1.82) is 0 Å². The lowest BCUT2D eigenvalue weighted by molar-refractivity contribution is -0.113. The number of para-hydroxylation sites is 1. The molecule has 0 saturated carbocycles. The maximum Gasteiger partial charge on any atom is 0.272 e. The van der Waals surface area contributed by atoms with Crippen molar-refractivity contribution >= 4 is 39.5 Å². The summed E-state index contributed by atoms with van der Waals surface area (Å²) in [7, 11) is 0. The van der Waals surface area contributed by atoms with Gasteiger partial charge in [-0.1, -0.05) is 24.3 Å². The fraction of sp³-hybridized carbons (Fsp3) is 0.120. The molecule has 1 aliphatic heterocycles. The summed E-state index contributed by atoms with van der Waals surface area (Å²) < 4.78 is 11.5. The Morgan fingerprint density at radius 2 is 1.72 bits per heavy atom. The van der Waals surface area contributed by atoms with E-state index in [9.17, 15) is 9.59 Å². The van der Waals surface area contributed by atoms with Crippen LogP contribution >= 0.6 is 15.9 Å². The quantitative estimate of drug-likeness (QED) is 0.479. The largest absolute Gasteiger partial charge is 0.454 e. The summed E-state index contributed by atoms with van der Waals surface area (Å²) in [6.45, 7) is 4.07. The molecule has 0 radical (unpaired) electrons. The summed E-state index contributed by atoms with van der Waals surface area (Å²) in [5, 5.41) is 5.59. The van der Waals surface area contributed by atoms with E-state index in [1.807, 2.05) is 38.1 Å². The maximum atomic E-state index is 13.1. The SMILES string of the molecule is Cc1ccc(C(=O)N/C(=C\c2ccc3c(c2)OCO3)C(=O)Nc2ccccc2Br)cc1C. The Hall–Kier alpha value is -3.58. The first kappa shape index (κ1) is 21.6. The van der Waals surface area contributed by atoms with Gasteiger partial charge in [0.15, 0.2) is 11.5 Å². The van der Waals surface area contributed by atoms with Crippen molar-refractivity contribution in [2.75, 3.05) is 12.1 Å². The summed E-state index contributed by atoms with van der Waals surface area (Å²) in [5.41, 5.74) is 3.93. The summed E-state index contributed by atoms with van der Waals surface area (Å²) in [6.07, 6.45) is 1.60. The highest BCUT2D eigenvalue weighted by Gasteiger charge is 2.18. The van der Waals surface area contributed by atoms with Crippen LogP contribution in [0.2, 0.25) is 0 Å². The molecule has 32 heavy (non-hydrogen) atoms. The molecule has 1 aliphatic rings. The number of rotatable bonds is 5. The Morgan fingerprint density at radius 1 is 0.938 bits per heavy atom. The van der Waals surface area contributed by atoms with E-state index in [1.165, 1.54) is 0 Å². The Labute approximate surface area is 194 Å². The number of halogens is 1. The number of ether oxygens (including phenoxy) is 2. The number of aryl methyl sites for hydroxylation is 2. The molecule has 0 fully saturated rings. The smallest absolute Gasteiger partial charge is 0.272 e. The zero-order chi connectivity index (χ0) is 22.7. The lowest BCUT2D eigenvalue weighted by Crippen LogP contribution is -2.30. The summed E-state index contributed by atoms with van der Waals surface area (Å²) >= 11 is 3.42. The third kappa shape index (κ3) is 4.84. The Bertz CT molecular complexity index is 1240. The zero-order valence-corrected chi connectivity index (χ0v) is 19.2. The van der Waals surface area contributed by atoms with Crippen LogP contribution in [-0.4, -0.2) is 18.6 Å². The number of fused-ring (bicyclic) bond motifs is 1. The van der Waals surface area contributed by atoms with Crippen molar-refractivity contribution in [1.82, 2.24) is 5.32 Å². The number of hydrogen-bond donors (Lipinski definition) is 2. The lowest BCUT2D eigenvalue weighted by atomic mass is 10.1. The van der Waals surface area contributed by atoms with Crippen LogP contribution in [0.15, 0.2) is 70.8 Å². The van der Waals surface area contributed by atoms with Crippen molar-refractivity contribution in [3.63, 3.8) is 0 Å². The average molecular weight is 493 g/mol. The van der Waals surface area contributed by atoms with Crippen LogP contribution in [0.4, 0.5) is 5.69 Å². The zero-order valence-electron chi connectivity index (χ0n) is 17.6. The van der Waals surface area contributed by atoms with E-state index in [4.69, 9.17) is 9.47 Å². The number of amides is 2. The van der Waals surface area contributed by atoms with Gasteiger partial charge in [0.05, 0.1) is 5.69 Å². The van der Waals surface area contributed by atoms with Gasteiger partial charge in [-0.3, -0.25) is 9.59 Å². The van der Waals surface area contributed by atoms with Gasteiger partial charge in [-0.05, 0) is 88.9 Å². The van der Waals surface area contributed by atoms with Crippen LogP contribution in [0.3, 0.4) is 0 Å². The summed E-state index contributed by atoms with van der Waals surface area (Å²) in [5.74, 6) is 0.402. The first-order valence-corrected chi connectivity index (χ1v) is 10.8. The molecular weight excluding hydrogens is 472 g/mol. The molecular formula is C25H21BrN2O4. The highest BCUT2D eigenvalue weighted by Crippen LogP contribution is 2.33. The minimum Gasteiger partial charge on any atom is -0.454 e. The van der Waals surface area contributed by atoms with Crippen LogP contribution in [-0.2, 0) is 4.79 Å². The monoisotopic (exact) mass is 492 g/mol. The van der Waals surface area contributed by atoms with E-state index in [0.29, 0.717) is 28.3 Å². The van der Waals surface area contributed by atoms with Crippen LogP contribution in [0.25, 0.3) is 6.08 Å². The number of nitrogens with one attached hydrogen (secondary N) is 2. The predicted octanol–water partition coefficient (Wildman–Crippen LogP) is 5.20. The Kier molecular flexibility index (Phi) is 6.28. The predicted molar refractivity (Wildman–Crippen MR) is 127 cm³/mol. The van der Waals surface area contributed by atoms with Gasteiger partial charge in [0.2, 0.25) is 6.79 Å². The van der Waals surface area contributed by atoms with Gasteiger partial charge in [-0.25, -0.2) is 0 Å². The molecule has 0 unspecified atom stereocenters. The minimum absolute atomic E-state index is 0.0999. The van der Waals surface area contributed by atoms with Crippen molar-refractivity contribution < 1.29 is 19.1 Å². The topological polar surface area (TPSA) is 76.7 Å². The lowest BCUT2D eigenvalue weighted by Gasteiger charge is -2.13. The molecule has 2 amide bonds. The molecule has 162 valence electrons. The molecule has 3 aromatic carbocycles. The molecule has 0 atom stereocenters. The van der Waals surface area contributed by atoms with E-state index in [-0.39, 0.29) is 18.4 Å². The fourth-order valence-corrected chi connectivity index (χ4v) is 3.54. The first-order chi connectivity index (χ1) is 15.4. The van der Waals surface area contributed by atoms with Crippen LogP contribution in [0, 0.1) is 13.8 Å². The van der Waals surface area contributed by atoms with Crippen molar-refractivity contribution in [3.8, 4) is 11.5 Å². The second-order valence-electron chi connectivity index (χ2n) is 7.36. The molecule has 0 aromatic heterocycles. The van der Waals surface area contributed by atoms with E-state index < -0.39 is 5.91 Å². The molecule has 7 heteroatoms. The van der Waals surface area contributed by atoms with Crippen LogP contribution in [0.5, 0.6) is 11.5 Å². The second-order valence-corrected chi connectivity index (χ2v) is 8.21. The number of carbonyl (C=O) groups is 2. The van der Waals surface area contributed by atoms with E-state index >= 15 is 0 Å². The Balaban J connectivity index is 1.65. The highest BCUT2D eigenvalue weighted by molar-refractivity contribution is 9.10. The van der Waals surface area contributed by atoms with Gasteiger partial charge in [0.1, 0.15) is 5.70 Å². The Morgan fingerprint density at radius 3 is 2.50 bits per heavy atom.